The number of nitrogens with two attached hydrogens (primary N) is 1. The lowest BCUT2D eigenvalue weighted by molar-refractivity contribution is -0.115. The van der Waals surface area contributed by atoms with Crippen LogP contribution in [0.1, 0.15) is 11.1 Å². The first-order chi connectivity index (χ1) is 9.04. The fourth-order valence-electron chi connectivity index (χ4n) is 1.81. The van der Waals surface area contributed by atoms with Crippen molar-refractivity contribution in [2.45, 2.75) is 13.3 Å². The quantitative estimate of drug-likeness (QED) is 0.851. The Morgan fingerprint density at radius 3 is 2.79 bits per heavy atom. The van der Waals surface area contributed by atoms with Crippen LogP contribution < -0.4 is 11.1 Å². The smallest absolute Gasteiger partial charge is 0.228 e. The summed E-state index contributed by atoms with van der Waals surface area (Å²) in [7, 11) is 0. The molecule has 1 amide bonds. The SMILES string of the molecule is Cc1ccc(N)c(NC(=O)Cc2cccc(Br)c2)c1. The summed E-state index contributed by atoms with van der Waals surface area (Å²) in [5.74, 6) is -0.0737. The monoisotopic (exact) mass is 318 g/mol. The maximum absolute atomic E-state index is 12.0. The van der Waals surface area contributed by atoms with Crippen LogP contribution in [0.3, 0.4) is 0 Å². The third-order valence-corrected chi connectivity index (χ3v) is 3.23. The fourth-order valence-corrected chi connectivity index (χ4v) is 2.25. The molecule has 0 unspecified atom stereocenters. The summed E-state index contributed by atoms with van der Waals surface area (Å²) < 4.78 is 0.966. The number of benzene rings is 2. The average molecular weight is 319 g/mol. The van der Waals surface area contributed by atoms with Crippen molar-refractivity contribution < 1.29 is 4.79 Å². The number of hydrogen-bond acceptors (Lipinski definition) is 2. The summed E-state index contributed by atoms with van der Waals surface area (Å²) in [6, 6.07) is 13.3. The van der Waals surface area contributed by atoms with E-state index in [0.29, 0.717) is 17.8 Å². The molecule has 0 saturated heterocycles. The first-order valence-corrected chi connectivity index (χ1v) is 6.74. The van der Waals surface area contributed by atoms with Gasteiger partial charge in [-0.15, -0.1) is 0 Å². The average Bonchev–Trinajstić information content (AvgIpc) is 2.34. The van der Waals surface area contributed by atoms with Crippen LogP contribution in [0.4, 0.5) is 11.4 Å². The second-order valence-corrected chi connectivity index (χ2v) is 5.36. The van der Waals surface area contributed by atoms with Gasteiger partial charge in [0.1, 0.15) is 0 Å². The molecule has 19 heavy (non-hydrogen) atoms. The lowest BCUT2D eigenvalue weighted by Crippen LogP contribution is -2.15. The van der Waals surface area contributed by atoms with Crippen LogP contribution in [-0.2, 0) is 11.2 Å². The zero-order valence-electron chi connectivity index (χ0n) is 10.6. The van der Waals surface area contributed by atoms with Crippen LogP contribution in [0.5, 0.6) is 0 Å². The Bertz CT molecular complexity index is 611. The summed E-state index contributed by atoms with van der Waals surface area (Å²) in [6.45, 7) is 1.96. The van der Waals surface area contributed by atoms with E-state index in [1.54, 1.807) is 6.07 Å². The Labute approximate surface area is 121 Å². The predicted molar refractivity (Wildman–Crippen MR) is 82.1 cm³/mol. The van der Waals surface area contributed by atoms with Crippen molar-refractivity contribution in [2.75, 3.05) is 11.1 Å². The van der Waals surface area contributed by atoms with E-state index in [-0.39, 0.29) is 5.91 Å². The van der Waals surface area contributed by atoms with Crippen molar-refractivity contribution in [3.63, 3.8) is 0 Å². The van der Waals surface area contributed by atoms with Gasteiger partial charge in [0.05, 0.1) is 17.8 Å². The summed E-state index contributed by atoms with van der Waals surface area (Å²) >= 11 is 3.39. The molecule has 0 aliphatic heterocycles. The molecule has 0 saturated carbocycles. The van der Waals surface area contributed by atoms with Crippen molar-refractivity contribution >= 4 is 33.2 Å². The van der Waals surface area contributed by atoms with Crippen LogP contribution in [-0.4, -0.2) is 5.91 Å². The Balaban J connectivity index is 2.07. The number of aryl methyl sites for hydroxylation is 1. The van der Waals surface area contributed by atoms with Crippen molar-refractivity contribution in [3.8, 4) is 0 Å². The highest BCUT2D eigenvalue weighted by Crippen LogP contribution is 2.20. The largest absolute Gasteiger partial charge is 0.397 e. The second kappa shape index (κ2) is 5.89. The molecule has 0 bridgehead atoms. The van der Waals surface area contributed by atoms with Crippen LogP contribution in [0.2, 0.25) is 0 Å². The van der Waals surface area contributed by atoms with Crippen LogP contribution in [0.15, 0.2) is 46.9 Å². The van der Waals surface area contributed by atoms with Gasteiger partial charge in [0.2, 0.25) is 5.91 Å². The van der Waals surface area contributed by atoms with E-state index in [2.05, 4.69) is 21.2 Å². The molecular formula is C15H15BrN2O. The van der Waals surface area contributed by atoms with Crippen LogP contribution in [0, 0.1) is 6.92 Å². The topological polar surface area (TPSA) is 55.1 Å². The number of carbonyl (C=O) groups excluding carboxylic acids is 1. The summed E-state index contributed by atoms with van der Waals surface area (Å²) in [5, 5.41) is 2.84. The minimum absolute atomic E-state index is 0.0737. The number of carbonyl (C=O) groups is 1. The molecule has 2 aromatic rings. The number of hydrogen-bond donors (Lipinski definition) is 2. The zero-order chi connectivity index (χ0) is 13.8. The molecule has 0 radical (unpaired) electrons. The molecule has 0 aliphatic rings. The number of nitrogens with one attached hydrogen (secondary N) is 1. The third kappa shape index (κ3) is 3.83. The highest BCUT2D eigenvalue weighted by atomic mass is 79.9. The molecule has 0 atom stereocenters. The highest BCUT2D eigenvalue weighted by Gasteiger charge is 2.07. The lowest BCUT2D eigenvalue weighted by Gasteiger charge is -2.09. The second-order valence-electron chi connectivity index (χ2n) is 4.45. The fraction of sp³-hybridized carbons (Fsp3) is 0.133. The van der Waals surface area contributed by atoms with Crippen molar-refractivity contribution in [2.24, 2.45) is 0 Å². The number of rotatable bonds is 3. The van der Waals surface area contributed by atoms with E-state index in [0.717, 1.165) is 15.6 Å². The number of anilines is 2. The minimum Gasteiger partial charge on any atom is -0.397 e. The molecule has 2 aromatic carbocycles. The van der Waals surface area contributed by atoms with E-state index < -0.39 is 0 Å². The van der Waals surface area contributed by atoms with Crippen LogP contribution >= 0.6 is 15.9 Å². The molecule has 98 valence electrons. The standard InChI is InChI=1S/C15H15BrN2O/c1-10-5-6-13(17)14(7-10)18-15(19)9-11-3-2-4-12(16)8-11/h2-8H,9,17H2,1H3,(H,18,19). The Hall–Kier alpha value is -1.81. The molecule has 0 fully saturated rings. The van der Waals surface area contributed by atoms with Gasteiger partial charge in [-0.3, -0.25) is 4.79 Å². The summed E-state index contributed by atoms with van der Waals surface area (Å²) in [6.07, 6.45) is 0.326. The van der Waals surface area contributed by atoms with Gasteiger partial charge in [-0.25, -0.2) is 0 Å². The molecule has 0 spiro atoms. The maximum Gasteiger partial charge on any atom is 0.228 e. The molecule has 0 heterocycles. The number of nitrogen functional groups attached to an aromatic ring is 1. The molecule has 3 nitrogen and oxygen atoms in total. The molecule has 4 heteroatoms. The van der Waals surface area contributed by atoms with Gasteiger partial charge in [0, 0.05) is 4.47 Å². The van der Waals surface area contributed by atoms with E-state index in [9.17, 15) is 4.79 Å². The zero-order valence-corrected chi connectivity index (χ0v) is 12.2. The normalized spacial score (nSPS) is 10.2. The molecule has 0 aromatic heterocycles. The molecule has 0 aliphatic carbocycles. The number of halogens is 1. The summed E-state index contributed by atoms with van der Waals surface area (Å²) in [5.41, 5.74) is 9.10. The third-order valence-electron chi connectivity index (χ3n) is 2.74. The minimum atomic E-state index is -0.0737. The van der Waals surface area contributed by atoms with Crippen molar-refractivity contribution in [3.05, 3.63) is 58.1 Å². The van der Waals surface area contributed by atoms with E-state index in [1.165, 1.54) is 0 Å². The first kappa shape index (κ1) is 13.6. The predicted octanol–water partition coefficient (Wildman–Crippen LogP) is 3.52. The van der Waals surface area contributed by atoms with Gasteiger partial charge in [0.15, 0.2) is 0 Å². The van der Waals surface area contributed by atoms with Crippen molar-refractivity contribution in [1.29, 1.82) is 0 Å². The maximum atomic E-state index is 12.0. The lowest BCUT2D eigenvalue weighted by atomic mass is 10.1. The van der Waals surface area contributed by atoms with Crippen molar-refractivity contribution in [1.82, 2.24) is 0 Å². The van der Waals surface area contributed by atoms with Gasteiger partial charge in [-0.1, -0.05) is 34.1 Å². The summed E-state index contributed by atoms with van der Waals surface area (Å²) in [4.78, 5) is 12.0. The Kier molecular flexibility index (Phi) is 4.22. The van der Waals surface area contributed by atoms with E-state index in [1.807, 2.05) is 43.3 Å². The van der Waals surface area contributed by atoms with E-state index >= 15 is 0 Å². The molecular weight excluding hydrogens is 304 g/mol. The molecule has 3 N–H and O–H groups in total. The van der Waals surface area contributed by atoms with Gasteiger partial charge in [0.25, 0.3) is 0 Å². The van der Waals surface area contributed by atoms with Crippen LogP contribution in [0.25, 0.3) is 0 Å². The van der Waals surface area contributed by atoms with Gasteiger partial charge < -0.3 is 11.1 Å². The van der Waals surface area contributed by atoms with Gasteiger partial charge in [-0.05, 0) is 42.3 Å². The Morgan fingerprint density at radius 1 is 1.26 bits per heavy atom. The Morgan fingerprint density at radius 2 is 2.05 bits per heavy atom. The van der Waals surface area contributed by atoms with E-state index in [4.69, 9.17) is 5.73 Å². The first-order valence-electron chi connectivity index (χ1n) is 5.95. The number of amides is 1. The van der Waals surface area contributed by atoms with Gasteiger partial charge >= 0.3 is 0 Å². The molecule has 2 rings (SSSR count). The highest BCUT2D eigenvalue weighted by molar-refractivity contribution is 9.10. The van der Waals surface area contributed by atoms with Gasteiger partial charge in [-0.2, -0.15) is 0 Å².